The number of methoxy groups -OCH3 is 1. The minimum Gasteiger partial charge on any atom is -0.494 e. The van der Waals surface area contributed by atoms with Gasteiger partial charge in [-0.05, 0) is 18.2 Å². The summed E-state index contributed by atoms with van der Waals surface area (Å²) in [4.78, 5) is 0. The third-order valence-corrected chi connectivity index (χ3v) is 1.84. The van der Waals surface area contributed by atoms with Crippen LogP contribution in [0.2, 0.25) is 0 Å². The molecule has 1 heterocycles. The van der Waals surface area contributed by atoms with Crippen molar-refractivity contribution >= 4 is 6.01 Å². The van der Waals surface area contributed by atoms with E-state index in [0.29, 0.717) is 5.56 Å². The first kappa shape index (κ1) is 9.45. The molecule has 0 aliphatic heterocycles. The van der Waals surface area contributed by atoms with Crippen molar-refractivity contribution in [1.29, 1.82) is 0 Å². The van der Waals surface area contributed by atoms with Crippen molar-refractivity contribution in [3.8, 4) is 17.2 Å². The van der Waals surface area contributed by atoms with Gasteiger partial charge >= 0.3 is 6.01 Å². The van der Waals surface area contributed by atoms with Crippen molar-refractivity contribution in [2.24, 2.45) is 0 Å². The van der Waals surface area contributed by atoms with Gasteiger partial charge in [-0.15, -0.1) is 5.10 Å². The van der Waals surface area contributed by atoms with Gasteiger partial charge in [0.1, 0.15) is 0 Å². The lowest BCUT2D eigenvalue weighted by Crippen LogP contribution is -1.88. The van der Waals surface area contributed by atoms with Gasteiger partial charge in [0.25, 0.3) is 0 Å². The predicted molar refractivity (Wildman–Crippen MR) is 50.7 cm³/mol. The van der Waals surface area contributed by atoms with Crippen LogP contribution < -0.4 is 10.5 Å². The van der Waals surface area contributed by atoms with Crippen LogP contribution in [0.1, 0.15) is 0 Å². The molecule has 0 aliphatic rings. The van der Waals surface area contributed by atoms with Crippen LogP contribution in [-0.4, -0.2) is 17.3 Å². The standard InChI is InChI=1S/C9H8FN3O2/c1-14-7-4-5(2-3-6(7)10)8-12-13-9(11)15-8/h2-4H,1H3,(H2,11,13). The molecule has 2 aromatic rings. The van der Waals surface area contributed by atoms with Crippen molar-refractivity contribution in [1.82, 2.24) is 10.2 Å². The molecule has 15 heavy (non-hydrogen) atoms. The number of halogens is 1. The highest BCUT2D eigenvalue weighted by Crippen LogP contribution is 2.25. The van der Waals surface area contributed by atoms with Gasteiger partial charge in [-0.25, -0.2) is 4.39 Å². The highest BCUT2D eigenvalue weighted by Gasteiger charge is 2.10. The second-order valence-electron chi connectivity index (χ2n) is 2.79. The molecule has 2 N–H and O–H groups in total. The normalized spacial score (nSPS) is 10.3. The maximum Gasteiger partial charge on any atom is 0.313 e. The Morgan fingerprint density at radius 3 is 2.80 bits per heavy atom. The first-order chi connectivity index (χ1) is 7.20. The van der Waals surface area contributed by atoms with Gasteiger partial charge in [0.05, 0.1) is 7.11 Å². The molecule has 0 amide bonds. The molecule has 0 saturated heterocycles. The SMILES string of the molecule is COc1cc(-c2nnc(N)o2)ccc1F. The Bertz CT molecular complexity index is 484. The van der Waals surface area contributed by atoms with Crippen LogP contribution >= 0.6 is 0 Å². The maximum atomic E-state index is 13.1. The molecule has 6 heteroatoms. The van der Waals surface area contributed by atoms with E-state index in [-0.39, 0.29) is 17.7 Å². The Hall–Kier alpha value is -2.11. The molecule has 0 fully saturated rings. The largest absolute Gasteiger partial charge is 0.494 e. The van der Waals surface area contributed by atoms with Crippen molar-refractivity contribution < 1.29 is 13.5 Å². The molecule has 0 aliphatic carbocycles. The van der Waals surface area contributed by atoms with Gasteiger partial charge in [-0.3, -0.25) is 0 Å². The number of nitrogens with zero attached hydrogens (tertiary/aromatic N) is 2. The first-order valence-corrected chi connectivity index (χ1v) is 4.13. The van der Waals surface area contributed by atoms with E-state index >= 15 is 0 Å². The van der Waals surface area contributed by atoms with E-state index < -0.39 is 5.82 Å². The van der Waals surface area contributed by atoms with Crippen LogP contribution in [0.3, 0.4) is 0 Å². The third kappa shape index (κ3) is 1.74. The summed E-state index contributed by atoms with van der Waals surface area (Å²) in [6, 6.07) is 4.19. The molecule has 1 aromatic heterocycles. The number of hydrogen-bond acceptors (Lipinski definition) is 5. The van der Waals surface area contributed by atoms with E-state index in [9.17, 15) is 4.39 Å². The van der Waals surface area contributed by atoms with Crippen LogP contribution in [0.25, 0.3) is 11.5 Å². The number of rotatable bonds is 2. The lowest BCUT2D eigenvalue weighted by molar-refractivity contribution is 0.386. The Balaban J connectivity index is 2.45. The second-order valence-corrected chi connectivity index (χ2v) is 2.79. The van der Waals surface area contributed by atoms with E-state index in [2.05, 4.69) is 10.2 Å². The van der Waals surface area contributed by atoms with Gasteiger partial charge in [0.2, 0.25) is 5.89 Å². The average Bonchev–Trinajstić information content (AvgIpc) is 2.66. The summed E-state index contributed by atoms with van der Waals surface area (Å²) in [7, 11) is 1.38. The molecule has 0 atom stereocenters. The lowest BCUT2D eigenvalue weighted by atomic mass is 10.2. The number of aromatic nitrogens is 2. The number of benzene rings is 1. The molecular weight excluding hydrogens is 201 g/mol. The summed E-state index contributed by atoms with van der Waals surface area (Å²) >= 11 is 0. The lowest BCUT2D eigenvalue weighted by Gasteiger charge is -2.02. The van der Waals surface area contributed by atoms with E-state index in [1.54, 1.807) is 0 Å². The van der Waals surface area contributed by atoms with Crippen molar-refractivity contribution in [2.45, 2.75) is 0 Å². The van der Waals surface area contributed by atoms with Crippen molar-refractivity contribution in [2.75, 3.05) is 12.8 Å². The van der Waals surface area contributed by atoms with Crippen LogP contribution in [-0.2, 0) is 0 Å². The molecule has 0 unspecified atom stereocenters. The van der Waals surface area contributed by atoms with Crippen LogP contribution in [0, 0.1) is 5.82 Å². The number of nitrogen functional groups attached to an aromatic ring is 1. The zero-order valence-corrected chi connectivity index (χ0v) is 7.90. The quantitative estimate of drug-likeness (QED) is 0.810. The third-order valence-electron chi connectivity index (χ3n) is 1.84. The van der Waals surface area contributed by atoms with Gasteiger partial charge in [0, 0.05) is 5.56 Å². The monoisotopic (exact) mass is 209 g/mol. The van der Waals surface area contributed by atoms with E-state index in [4.69, 9.17) is 14.9 Å². The zero-order valence-electron chi connectivity index (χ0n) is 7.90. The topological polar surface area (TPSA) is 74.2 Å². The summed E-state index contributed by atoms with van der Waals surface area (Å²) in [6.45, 7) is 0. The van der Waals surface area contributed by atoms with E-state index in [1.165, 1.54) is 25.3 Å². The maximum absolute atomic E-state index is 13.1. The Labute approximate surface area is 84.7 Å². The molecule has 2 rings (SSSR count). The highest BCUT2D eigenvalue weighted by molar-refractivity contribution is 5.56. The number of hydrogen-bond donors (Lipinski definition) is 1. The Morgan fingerprint density at radius 2 is 2.20 bits per heavy atom. The number of nitrogens with two attached hydrogens (primary N) is 1. The van der Waals surface area contributed by atoms with Crippen molar-refractivity contribution in [3.63, 3.8) is 0 Å². The smallest absolute Gasteiger partial charge is 0.313 e. The molecule has 0 bridgehead atoms. The first-order valence-electron chi connectivity index (χ1n) is 4.13. The fourth-order valence-electron chi connectivity index (χ4n) is 1.14. The molecule has 5 nitrogen and oxygen atoms in total. The van der Waals surface area contributed by atoms with Gasteiger partial charge < -0.3 is 14.9 Å². The minimum absolute atomic E-state index is 0.0340. The molecule has 0 radical (unpaired) electrons. The van der Waals surface area contributed by atoms with Crippen LogP contribution in [0.15, 0.2) is 22.6 Å². The van der Waals surface area contributed by atoms with Crippen LogP contribution in [0.4, 0.5) is 10.4 Å². The van der Waals surface area contributed by atoms with Crippen LogP contribution in [0.5, 0.6) is 5.75 Å². The number of anilines is 1. The number of ether oxygens (including phenoxy) is 1. The summed E-state index contributed by atoms with van der Waals surface area (Å²) in [5.74, 6) is -0.108. The van der Waals surface area contributed by atoms with Gasteiger partial charge in [-0.2, -0.15) is 0 Å². The molecular formula is C9H8FN3O2. The van der Waals surface area contributed by atoms with Crippen molar-refractivity contribution in [3.05, 3.63) is 24.0 Å². The van der Waals surface area contributed by atoms with E-state index in [1.807, 2.05) is 0 Å². The minimum atomic E-state index is -0.450. The van der Waals surface area contributed by atoms with Gasteiger partial charge in [-0.1, -0.05) is 5.10 Å². The molecule has 0 spiro atoms. The Kier molecular flexibility index (Phi) is 2.24. The average molecular weight is 209 g/mol. The summed E-state index contributed by atoms with van der Waals surface area (Å²) in [5, 5.41) is 7.17. The summed E-state index contributed by atoms with van der Waals surface area (Å²) in [5.41, 5.74) is 5.82. The van der Waals surface area contributed by atoms with Gasteiger partial charge in [0.15, 0.2) is 11.6 Å². The highest BCUT2D eigenvalue weighted by atomic mass is 19.1. The van der Waals surface area contributed by atoms with E-state index in [0.717, 1.165) is 0 Å². The fraction of sp³-hybridized carbons (Fsp3) is 0.111. The molecule has 78 valence electrons. The summed E-state index contributed by atoms with van der Waals surface area (Å²) in [6.07, 6.45) is 0. The summed E-state index contributed by atoms with van der Waals surface area (Å²) < 4.78 is 22.9. The fourth-order valence-corrected chi connectivity index (χ4v) is 1.14. The second kappa shape index (κ2) is 3.56. The molecule has 1 aromatic carbocycles. The Morgan fingerprint density at radius 1 is 1.40 bits per heavy atom. The zero-order chi connectivity index (χ0) is 10.8. The molecule has 0 saturated carbocycles. The predicted octanol–water partition coefficient (Wildman–Crippen LogP) is 1.47.